The molecule has 0 saturated heterocycles. The largest absolute Gasteiger partial charge is 0.489 e. The molecule has 0 aliphatic carbocycles. The zero-order chi connectivity index (χ0) is 21.1. The Balaban J connectivity index is 1.75. The second kappa shape index (κ2) is 8.56. The molecule has 4 rings (SSSR count). The van der Waals surface area contributed by atoms with Gasteiger partial charge in [0.1, 0.15) is 18.5 Å². The van der Waals surface area contributed by atoms with Gasteiger partial charge in [-0.15, -0.1) is 0 Å². The van der Waals surface area contributed by atoms with E-state index in [1.54, 1.807) is 12.5 Å². The zero-order valence-electron chi connectivity index (χ0n) is 17.5. The highest BCUT2D eigenvalue weighted by molar-refractivity contribution is 5.51. The van der Waals surface area contributed by atoms with Crippen molar-refractivity contribution in [3.63, 3.8) is 0 Å². The Hall–Kier alpha value is -3.37. The molecule has 0 bridgehead atoms. The Bertz CT molecular complexity index is 1110. The van der Waals surface area contributed by atoms with Gasteiger partial charge in [-0.25, -0.2) is 4.98 Å². The summed E-state index contributed by atoms with van der Waals surface area (Å²) in [5.41, 5.74) is 7.01. The number of hydrogen-bond donors (Lipinski definition) is 1. The van der Waals surface area contributed by atoms with Crippen LogP contribution in [0, 0.1) is 20.8 Å². The molecule has 0 spiro atoms. The van der Waals surface area contributed by atoms with Gasteiger partial charge in [0.15, 0.2) is 0 Å². The SMILES string of the molecule is Cc1cc(C)c(C(O)c2cc(-n3ccnc3)ccc2OCc2ccccc2)c(C)c1. The summed E-state index contributed by atoms with van der Waals surface area (Å²) in [5.74, 6) is 0.676. The summed E-state index contributed by atoms with van der Waals surface area (Å²) in [5, 5.41) is 11.4. The summed E-state index contributed by atoms with van der Waals surface area (Å²) < 4.78 is 8.08. The summed E-state index contributed by atoms with van der Waals surface area (Å²) in [6.07, 6.45) is 4.58. The van der Waals surface area contributed by atoms with Crippen molar-refractivity contribution in [1.82, 2.24) is 9.55 Å². The van der Waals surface area contributed by atoms with Crippen molar-refractivity contribution in [2.45, 2.75) is 33.5 Å². The third kappa shape index (κ3) is 4.14. The molecular weight excluding hydrogens is 372 g/mol. The molecule has 152 valence electrons. The summed E-state index contributed by atoms with van der Waals surface area (Å²) in [4.78, 5) is 4.14. The van der Waals surface area contributed by atoms with E-state index >= 15 is 0 Å². The number of nitrogens with zero attached hydrogens (tertiary/aromatic N) is 2. The molecular formula is C26H26N2O2. The Labute approximate surface area is 177 Å². The normalized spacial score (nSPS) is 12.0. The van der Waals surface area contributed by atoms with E-state index in [0.29, 0.717) is 12.4 Å². The molecule has 0 saturated carbocycles. The standard InChI is InChI=1S/C26H26N2O2/c1-18-13-19(2)25(20(3)14-18)26(29)23-15-22(28-12-11-27-17-28)9-10-24(23)30-16-21-7-5-4-6-8-21/h4-15,17,26,29H,16H2,1-3H3. The molecule has 4 nitrogen and oxygen atoms in total. The first-order valence-corrected chi connectivity index (χ1v) is 10.1. The summed E-state index contributed by atoms with van der Waals surface area (Å²) in [6, 6.07) is 20.1. The van der Waals surface area contributed by atoms with Gasteiger partial charge in [0, 0.05) is 23.6 Å². The first-order valence-electron chi connectivity index (χ1n) is 10.1. The molecule has 1 atom stereocenters. The van der Waals surface area contributed by atoms with Crippen molar-refractivity contribution in [2.24, 2.45) is 0 Å². The van der Waals surface area contributed by atoms with Gasteiger partial charge in [-0.1, -0.05) is 48.0 Å². The lowest BCUT2D eigenvalue weighted by Crippen LogP contribution is -2.09. The third-order valence-electron chi connectivity index (χ3n) is 5.34. The molecule has 1 unspecified atom stereocenters. The van der Waals surface area contributed by atoms with Gasteiger partial charge in [-0.3, -0.25) is 0 Å². The van der Waals surface area contributed by atoms with Crippen LogP contribution in [-0.2, 0) is 6.61 Å². The second-order valence-electron chi connectivity index (χ2n) is 7.68. The minimum absolute atomic E-state index is 0.441. The molecule has 0 radical (unpaired) electrons. The van der Waals surface area contributed by atoms with Crippen molar-refractivity contribution in [3.05, 3.63) is 113 Å². The third-order valence-corrected chi connectivity index (χ3v) is 5.34. The van der Waals surface area contributed by atoms with Crippen LogP contribution < -0.4 is 4.74 Å². The Morgan fingerprint density at radius 3 is 2.37 bits per heavy atom. The fourth-order valence-corrected chi connectivity index (χ4v) is 3.97. The van der Waals surface area contributed by atoms with Crippen molar-refractivity contribution >= 4 is 0 Å². The van der Waals surface area contributed by atoms with E-state index in [2.05, 4.69) is 24.0 Å². The lowest BCUT2D eigenvalue weighted by Gasteiger charge is -2.21. The lowest BCUT2D eigenvalue weighted by molar-refractivity contribution is 0.208. The molecule has 0 fully saturated rings. The van der Waals surface area contributed by atoms with Crippen molar-refractivity contribution in [2.75, 3.05) is 0 Å². The highest BCUT2D eigenvalue weighted by Gasteiger charge is 2.21. The molecule has 4 heteroatoms. The number of aryl methyl sites for hydroxylation is 3. The maximum atomic E-state index is 11.4. The number of hydrogen-bond acceptors (Lipinski definition) is 3. The highest BCUT2D eigenvalue weighted by Crippen LogP contribution is 2.35. The van der Waals surface area contributed by atoms with E-state index in [1.165, 1.54) is 5.56 Å². The molecule has 0 amide bonds. The molecule has 4 aromatic rings. The molecule has 1 heterocycles. The average molecular weight is 399 g/mol. The smallest absolute Gasteiger partial charge is 0.126 e. The van der Waals surface area contributed by atoms with Crippen LogP contribution in [-0.4, -0.2) is 14.7 Å². The Kier molecular flexibility index (Phi) is 5.68. The van der Waals surface area contributed by atoms with Gasteiger partial charge < -0.3 is 14.4 Å². The number of rotatable bonds is 6. The van der Waals surface area contributed by atoms with Gasteiger partial charge in [0.05, 0.1) is 6.33 Å². The monoisotopic (exact) mass is 398 g/mol. The van der Waals surface area contributed by atoms with E-state index < -0.39 is 6.10 Å². The molecule has 0 aliphatic heterocycles. The van der Waals surface area contributed by atoms with Crippen LogP contribution in [0.5, 0.6) is 5.75 Å². The van der Waals surface area contributed by atoms with Crippen LogP contribution in [0.3, 0.4) is 0 Å². The Morgan fingerprint density at radius 1 is 0.967 bits per heavy atom. The topological polar surface area (TPSA) is 47.3 Å². The lowest BCUT2D eigenvalue weighted by atomic mass is 9.91. The Morgan fingerprint density at radius 2 is 1.70 bits per heavy atom. The second-order valence-corrected chi connectivity index (χ2v) is 7.68. The van der Waals surface area contributed by atoms with Crippen LogP contribution in [0.1, 0.15) is 39.5 Å². The molecule has 1 N–H and O–H groups in total. The van der Waals surface area contributed by atoms with Crippen LogP contribution in [0.2, 0.25) is 0 Å². The zero-order valence-corrected chi connectivity index (χ0v) is 17.5. The van der Waals surface area contributed by atoms with E-state index in [4.69, 9.17) is 4.74 Å². The summed E-state index contributed by atoms with van der Waals surface area (Å²) >= 11 is 0. The van der Waals surface area contributed by atoms with Crippen molar-refractivity contribution in [3.8, 4) is 11.4 Å². The molecule has 1 aromatic heterocycles. The maximum absolute atomic E-state index is 11.4. The predicted molar refractivity (Wildman–Crippen MR) is 119 cm³/mol. The number of aromatic nitrogens is 2. The number of aliphatic hydroxyl groups excluding tert-OH is 1. The number of imidazole rings is 1. The summed E-state index contributed by atoms with van der Waals surface area (Å²) in [6.45, 7) is 6.60. The fourth-order valence-electron chi connectivity index (χ4n) is 3.97. The fraction of sp³-hybridized carbons (Fsp3) is 0.192. The van der Waals surface area contributed by atoms with Crippen molar-refractivity contribution < 1.29 is 9.84 Å². The molecule has 0 aliphatic rings. The average Bonchev–Trinajstić information content (AvgIpc) is 3.27. The quantitative estimate of drug-likeness (QED) is 0.469. The summed E-state index contributed by atoms with van der Waals surface area (Å²) in [7, 11) is 0. The molecule has 3 aromatic carbocycles. The van der Waals surface area contributed by atoms with Crippen molar-refractivity contribution in [1.29, 1.82) is 0 Å². The van der Waals surface area contributed by atoms with Crippen LogP contribution >= 0.6 is 0 Å². The number of aliphatic hydroxyl groups is 1. The van der Waals surface area contributed by atoms with Gasteiger partial charge in [0.2, 0.25) is 0 Å². The van der Waals surface area contributed by atoms with Crippen LogP contribution in [0.15, 0.2) is 79.4 Å². The first-order chi connectivity index (χ1) is 14.5. The van der Waals surface area contributed by atoms with E-state index in [1.807, 2.05) is 73.1 Å². The van der Waals surface area contributed by atoms with E-state index in [9.17, 15) is 5.11 Å². The predicted octanol–water partition coefficient (Wildman–Crippen LogP) is 5.46. The van der Waals surface area contributed by atoms with Gasteiger partial charge in [-0.05, 0) is 61.2 Å². The highest BCUT2D eigenvalue weighted by atomic mass is 16.5. The number of ether oxygens (including phenoxy) is 1. The van der Waals surface area contributed by atoms with Gasteiger partial charge in [-0.2, -0.15) is 0 Å². The minimum Gasteiger partial charge on any atom is -0.489 e. The van der Waals surface area contributed by atoms with Crippen LogP contribution in [0.4, 0.5) is 0 Å². The van der Waals surface area contributed by atoms with Crippen LogP contribution in [0.25, 0.3) is 5.69 Å². The van der Waals surface area contributed by atoms with Gasteiger partial charge in [0.25, 0.3) is 0 Å². The first kappa shape index (κ1) is 19.9. The maximum Gasteiger partial charge on any atom is 0.126 e. The molecule has 30 heavy (non-hydrogen) atoms. The van der Waals surface area contributed by atoms with E-state index in [-0.39, 0.29) is 0 Å². The number of benzene rings is 3. The minimum atomic E-state index is -0.792. The van der Waals surface area contributed by atoms with Gasteiger partial charge >= 0.3 is 0 Å². The van der Waals surface area contributed by atoms with E-state index in [0.717, 1.165) is 33.5 Å².